The van der Waals surface area contributed by atoms with Crippen molar-refractivity contribution in [2.45, 2.75) is 19.5 Å². The molecular weight excluding hydrogens is 276 g/mol. The van der Waals surface area contributed by atoms with Crippen LogP contribution in [0.25, 0.3) is 0 Å². The molecule has 0 saturated heterocycles. The molecule has 2 N–H and O–H groups in total. The fraction of sp³-hybridized carbons (Fsp3) is 0.385. The average molecular weight is 294 g/mol. The van der Waals surface area contributed by atoms with Gasteiger partial charge in [-0.1, -0.05) is 6.07 Å². The minimum Gasteiger partial charge on any atom is -0.382 e. The van der Waals surface area contributed by atoms with Crippen LogP contribution < -0.4 is 10.6 Å². The number of ether oxygens (including phenoxy) is 1. The first-order valence-electron chi connectivity index (χ1n) is 6.30. The Morgan fingerprint density at radius 3 is 3.10 bits per heavy atom. The zero-order chi connectivity index (χ0) is 14.4. The summed E-state index contributed by atoms with van der Waals surface area (Å²) in [4.78, 5) is 12.8. The lowest BCUT2D eigenvalue weighted by molar-refractivity contribution is 0.157. The number of carbonyl (C=O) groups is 1. The van der Waals surface area contributed by atoms with E-state index in [0.29, 0.717) is 19.0 Å². The predicted molar refractivity (Wildman–Crippen MR) is 79.0 cm³/mol. The maximum atomic E-state index is 11.7. The van der Waals surface area contributed by atoms with E-state index in [9.17, 15) is 4.79 Å². The standard InChI is InChI=1S/C13H18N4O2S/c1-10(9-19-2)17-6-5-12(16-17)15-13(18)14-8-11-4-3-7-20-11/h3-7,10H,8-9H2,1-2H3,(H2,14,15,16,18). The quantitative estimate of drug-likeness (QED) is 0.860. The highest BCUT2D eigenvalue weighted by Crippen LogP contribution is 2.10. The first-order valence-corrected chi connectivity index (χ1v) is 7.18. The van der Waals surface area contributed by atoms with Gasteiger partial charge in [-0.15, -0.1) is 11.3 Å². The van der Waals surface area contributed by atoms with Gasteiger partial charge in [0.2, 0.25) is 0 Å². The van der Waals surface area contributed by atoms with Crippen LogP contribution in [-0.2, 0) is 11.3 Å². The number of carbonyl (C=O) groups excluding carboxylic acids is 1. The molecule has 6 nitrogen and oxygen atoms in total. The molecule has 1 unspecified atom stereocenters. The molecule has 2 heterocycles. The van der Waals surface area contributed by atoms with Crippen molar-refractivity contribution in [3.05, 3.63) is 34.7 Å². The predicted octanol–water partition coefficient (Wildman–Crippen LogP) is 2.47. The van der Waals surface area contributed by atoms with Crippen molar-refractivity contribution < 1.29 is 9.53 Å². The van der Waals surface area contributed by atoms with E-state index in [1.807, 2.05) is 30.6 Å². The summed E-state index contributed by atoms with van der Waals surface area (Å²) in [5.41, 5.74) is 0. The van der Waals surface area contributed by atoms with E-state index < -0.39 is 0 Å². The molecule has 7 heteroatoms. The van der Waals surface area contributed by atoms with Gasteiger partial charge in [0.1, 0.15) is 0 Å². The van der Waals surface area contributed by atoms with Gasteiger partial charge in [-0.05, 0) is 18.4 Å². The molecule has 20 heavy (non-hydrogen) atoms. The van der Waals surface area contributed by atoms with Gasteiger partial charge in [0, 0.05) is 24.3 Å². The number of hydrogen-bond donors (Lipinski definition) is 2. The number of hydrogen-bond acceptors (Lipinski definition) is 4. The third-order valence-corrected chi connectivity index (χ3v) is 3.59. The molecule has 0 saturated carbocycles. The second-order valence-electron chi connectivity index (χ2n) is 4.37. The molecule has 0 aliphatic rings. The van der Waals surface area contributed by atoms with Crippen LogP contribution in [0.15, 0.2) is 29.8 Å². The van der Waals surface area contributed by atoms with E-state index >= 15 is 0 Å². The summed E-state index contributed by atoms with van der Waals surface area (Å²) < 4.78 is 6.83. The molecule has 0 aromatic carbocycles. The molecule has 2 aromatic rings. The number of urea groups is 1. The fourth-order valence-electron chi connectivity index (χ4n) is 1.71. The number of amides is 2. The van der Waals surface area contributed by atoms with Gasteiger partial charge in [0.25, 0.3) is 0 Å². The summed E-state index contributed by atoms with van der Waals surface area (Å²) in [6, 6.07) is 5.56. The van der Waals surface area contributed by atoms with E-state index in [1.54, 1.807) is 29.2 Å². The number of nitrogens with one attached hydrogen (secondary N) is 2. The fourth-order valence-corrected chi connectivity index (χ4v) is 2.35. The second-order valence-corrected chi connectivity index (χ2v) is 5.40. The van der Waals surface area contributed by atoms with Crippen LogP contribution in [-0.4, -0.2) is 29.5 Å². The Morgan fingerprint density at radius 2 is 2.40 bits per heavy atom. The molecule has 0 fully saturated rings. The molecule has 0 bridgehead atoms. The van der Waals surface area contributed by atoms with Gasteiger partial charge in [-0.2, -0.15) is 5.10 Å². The molecule has 0 aliphatic heterocycles. The third kappa shape index (κ3) is 4.07. The lowest BCUT2D eigenvalue weighted by Gasteiger charge is -2.10. The van der Waals surface area contributed by atoms with Crippen LogP contribution >= 0.6 is 11.3 Å². The van der Waals surface area contributed by atoms with E-state index in [4.69, 9.17) is 4.74 Å². The van der Waals surface area contributed by atoms with Crippen molar-refractivity contribution in [1.82, 2.24) is 15.1 Å². The normalized spacial score (nSPS) is 12.1. The van der Waals surface area contributed by atoms with Gasteiger partial charge in [0.15, 0.2) is 5.82 Å². The summed E-state index contributed by atoms with van der Waals surface area (Å²) in [6.07, 6.45) is 1.82. The highest BCUT2D eigenvalue weighted by Gasteiger charge is 2.08. The Bertz CT molecular complexity index is 538. The van der Waals surface area contributed by atoms with E-state index in [2.05, 4.69) is 15.7 Å². The van der Waals surface area contributed by atoms with Gasteiger partial charge in [-0.3, -0.25) is 10.00 Å². The lowest BCUT2D eigenvalue weighted by atomic mass is 10.4. The molecular formula is C13H18N4O2S. The van der Waals surface area contributed by atoms with Gasteiger partial charge >= 0.3 is 6.03 Å². The van der Waals surface area contributed by atoms with E-state index in [-0.39, 0.29) is 12.1 Å². The van der Waals surface area contributed by atoms with Crippen molar-refractivity contribution in [2.75, 3.05) is 19.0 Å². The zero-order valence-corrected chi connectivity index (χ0v) is 12.3. The summed E-state index contributed by atoms with van der Waals surface area (Å²) in [5.74, 6) is 0.525. The lowest BCUT2D eigenvalue weighted by Crippen LogP contribution is -2.28. The van der Waals surface area contributed by atoms with E-state index in [0.717, 1.165) is 4.88 Å². The minimum atomic E-state index is -0.261. The molecule has 1 atom stereocenters. The van der Waals surface area contributed by atoms with Crippen molar-refractivity contribution in [2.24, 2.45) is 0 Å². The summed E-state index contributed by atoms with van der Waals surface area (Å²) in [5, 5.41) is 11.7. The SMILES string of the molecule is COCC(C)n1ccc(NC(=O)NCc2cccs2)n1. The second kappa shape index (κ2) is 7.06. The molecule has 2 amide bonds. The monoisotopic (exact) mass is 294 g/mol. The van der Waals surface area contributed by atoms with Crippen molar-refractivity contribution >= 4 is 23.2 Å². The molecule has 108 valence electrons. The molecule has 2 aromatic heterocycles. The maximum absolute atomic E-state index is 11.7. The smallest absolute Gasteiger partial charge is 0.320 e. The van der Waals surface area contributed by atoms with Crippen molar-refractivity contribution in [3.63, 3.8) is 0 Å². The average Bonchev–Trinajstić information content (AvgIpc) is 3.07. The number of anilines is 1. The zero-order valence-electron chi connectivity index (χ0n) is 11.5. The molecule has 0 aliphatic carbocycles. The van der Waals surface area contributed by atoms with Crippen LogP contribution in [0.2, 0.25) is 0 Å². The van der Waals surface area contributed by atoms with Crippen LogP contribution in [0.3, 0.4) is 0 Å². The molecule has 2 rings (SSSR count). The Hall–Kier alpha value is -1.86. The number of nitrogens with zero attached hydrogens (tertiary/aromatic N) is 2. The molecule has 0 radical (unpaired) electrons. The van der Waals surface area contributed by atoms with Crippen LogP contribution in [0, 0.1) is 0 Å². The Morgan fingerprint density at radius 1 is 1.55 bits per heavy atom. The first-order chi connectivity index (χ1) is 9.69. The van der Waals surface area contributed by atoms with Gasteiger partial charge in [-0.25, -0.2) is 4.79 Å². The maximum Gasteiger partial charge on any atom is 0.320 e. The number of aromatic nitrogens is 2. The Labute approximate surface area is 121 Å². The van der Waals surface area contributed by atoms with Crippen LogP contribution in [0.5, 0.6) is 0 Å². The van der Waals surface area contributed by atoms with Crippen LogP contribution in [0.1, 0.15) is 17.8 Å². The topological polar surface area (TPSA) is 68.2 Å². The molecule has 0 spiro atoms. The van der Waals surface area contributed by atoms with Gasteiger partial charge < -0.3 is 10.1 Å². The van der Waals surface area contributed by atoms with Crippen molar-refractivity contribution in [3.8, 4) is 0 Å². The first kappa shape index (κ1) is 14.5. The number of methoxy groups -OCH3 is 1. The highest BCUT2D eigenvalue weighted by atomic mass is 32.1. The summed E-state index contributed by atoms with van der Waals surface area (Å²) in [7, 11) is 1.65. The van der Waals surface area contributed by atoms with Gasteiger partial charge in [0.05, 0.1) is 19.2 Å². The number of thiophene rings is 1. The largest absolute Gasteiger partial charge is 0.382 e. The van der Waals surface area contributed by atoms with Crippen LogP contribution in [0.4, 0.5) is 10.6 Å². The third-order valence-electron chi connectivity index (χ3n) is 2.71. The highest BCUT2D eigenvalue weighted by molar-refractivity contribution is 7.09. The summed E-state index contributed by atoms with van der Waals surface area (Å²) >= 11 is 1.61. The summed E-state index contributed by atoms with van der Waals surface area (Å²) in [6.45, 7) is 3.09. The van der Waals surface area contributed by atoms with E-state index in [1.165, 1.54) is 0 Å². The van der Waals surface area contributed by atoms with Crippen molar-refractivity contribution in [1.29, 1.82) is 0 Å². The Kier molecular flexibility index (Phi) is 5.14. The Balaban J connectivity index is 1.82. The minimum absolute atomic E-state index is 0.129. The number of rotatable bonds is 6.